The van der Waals surface area contributed by atoms with Crippen molar-refractivity contribution in [2.45, 2.75) is 19.9 Å². The molecular weight excluding hydrogens is 258 g/mol. The molecule has 106 valence electrons. The number of rotatable bonds is 4. The lowest BCUT2D eigenvalue weighted by molar-refractivity contribution is 0.806. The molecule has 3 aromatic rings. The molecule has 3 heteroatoms. The molecule has 0 unspecified atom stereocenters. The highest BCUT2D eigenvalue weighted by Crippen LogP contribution is 2.21. The van der Waals surface area contributed by atoms with Crippen LogP contribution in [0.2, 0.25) is 0 Å². The van der Waals surface area contributed by atoms with Gasteiger partial charge < -0.3 is 10.3 Å². The first-order chi connectivity index (χ1) is 10.3. The van der Waals surface area contributed by atoms with Crippen LogP contribution in [-0.4, -0.2) is 9.55 Å². The lowest BCUT2D eigenvalue weighted by atomic mass is 10.1. The highest BCUT2D eigenvalue weighted by Gasteiger charge is 2.06. The Morgan fingerprint density at radius 1 is 1.05 bits per heavy atom. The second kappa shape index (κ2) is 5.83. The number of nitrogens with zero attached hydrogens (tertiary/aromatic N) is 2. The van der Waals surface area contributed by atoms with Crippen LogP contribution in [0.15, 0.2) is 60.9 Å². The van der Waals surface area contributed by atoms with Gasteiger partial charge in [0, 0.05) is 30.2 Å². The fourth-order valence-corrected chi connectivity index (χ4v) is 2.45. The Kier molecular flexibility index (Phi) is 3.73. The highest BCUT2D eigenvalue weighted by molar-refractivity contribution is 5.61. The molecule has 3 nitrogen and oxygen atoms in total. The number of hydrogen-bond acceptors (Lipinski definition) is 2. The van der Waals surface area contributed by atoms with Crippen molar-refractivity contribution in [3.8, 4) is 11.4 Å². The third kappa shape index (κ3) is 2.97. The van der Waals surface area contributed by atoms with Crippen molar-refractivity contribution in [1.29, 1.82) is 0 Å². The molecule has 3 rings (SSSR count). The van der Waals surface area contributed by atoms with Crippen molar-refractivity contribution in [1.82, 2.24) is 9.55 Å². The number of benzene rings is 2. The Morgan fingerprint density at radius 3 is 2.52 bits per heavy atom. The predicted octanol–water partition coefficient (Wildman–Crippen LogP) is 3.74. The molecule has 2 aromatic carbocycles. The first-order valence-corrected chi connectivity index (χ1v) is 7.21. The van der Waals surface area contributed by atoms with Crippen LogP contribution in [-0.2, 0) is 13.0 Å². The molecule has 0 atom stereocenters. The average Bonchev–Trinajstić information content (AvgIpc) is 2.96. The van der Waals surface area contributed by atoms with E-state index in [0.717, 1.165) is 30.0 Å². The van der Waals surface area contributed by atoms with E-state index >= 15 is 0 Å². The van der Waals surface area contributed by atoms with Crippen LogP contribution in [0.3, 0.4) is 0 Å². The Morgan fingerprint density at radius 2 is 1.81 bits per heavy atom. The van der Waals surface area contributed by atoms with E-state index in [9.17, 15) is 0 Å². The number of aromatic nitrogens is 2. The molecule has 0 bridgehead atoms. The van der Waals surface area contributed by atoms with Crippen LogP contribution in [0.5, 0.6) is 0 Å². The van der Waals surface area contributed by atoms with E-state index in [1.165, 1.54) is 11.1 Å². The van der Waals surface area contributed by atoms with Crippen LogP contribution in [0.4, 0.5) is 5.69 Å². The molecule has 1 heterocycles. The summed E-state index contributed by atoms with van der Waals surface area (Å²) in [6.45, 7) is 2.98. The minimum Gasteiger partial charge on any atom is -0.399 e. The summed E-state index contributed by atoms with van der Waals surface area (Å²) in [4.78, 5) is 4.46. The van der Waals surface area contributed by atoms with Gasteiger partial charge in [-0.15, -0.1) is 0 Å². The fraction of sp³-hybridized carbons (Fsp3) is 0.167. The Bertz CT molecular complexity index is 726. The standard InChI is InChI=1S/C18H19N3/c1-2-14-6-8-15(9-7-14)13-21-11-10-20-18(21)16-4-3-5-17(19)12-16/h3-12H,2,13,19H2,1H3. The van der Waals surface area contributed by atoms with Gasteiger partial charge in [0.25, 0.3) is 0 Å². The fourth-order valence-electron chi connectivity index (χ4n) is 2.45. The van der Waals surface area contributed by atoms with Crippen molar-refractivity contribution < 1.29 is 0 Å². The largest absolute Gasteiger partial charge is 0.399 e. The zero-order valence-electron chi connectivity index (χ0n) is 12.2. The van der Waals surface area contributed by atoms with Gasteiger partial charge in [-0.3, -0.25) is 0 Å². The van der Waals surface area contributed by atoms with Crippen molar-refractivity contribution in [2.24, 2.45) is 0 Å². The summed E-state index contributed by atoms with van der Waals surface area (Å²) in [7, 11) is 0. The van der Waals surface area contributed by atoms with Crippen molar-refractivity contribution in [3.63, 3.8) is 0 Å². The number of hydrogen-bond donors (Lipinski definition) is 1. The van der Waals surface area contributed by atoms with E-state index in [0.29, 0.717) is 0 Å². The molecule has 0 spiro atoms. The summed E-state index contributed by atoms with van der Waals surface area (Å²) in [6.07, 6.45) is 4.91. The maximum atomic E-state index is 5.86. The van der Waals surface area contributed by atoms with Gasteiger partial charge in [-0.1, -0.05) is 43.3 Å². The third-order valence-corrected chi connectivity index (χ3v) is 3.64. The zero-order chi connectivity index (χ0) is 14.7. The molecule has 0 saturated carbocycles. The molecular formula is C18H19N3. The molecule has 0 radical (unpaired) electrons. The topological polar surface area (TPSA) is 43.8 Å². The molecule has 0 fully saturated rings. The quantitative estimate of drug-likeness (QED) is 0.738. The monoisotopic (exact) mass is 277 g/mol. The van der Waals surface area contributed by atoms with Crippen LogP contribution in [0.1, 0.15) is 18.1 Å². The number of nitrogen functional groups attached to an aromatic ring is 1. The summed E-state index contributed by atoms with van der Waals surface area (Å²) < 4.78 is 2.15. The van der Waals surface area contributed by atoms with E-state index in [-0.39, 0.29) is 0 Å². The first-order valence-electron chi connectivity index (χ1n) is 7.21. The van der Waals surface area contributed by atoms with Crippen molar-refractivity contribution >= 4 is 5.69 Å². The summed E-state index contributed by atoms with van der Waals surface area (Å²) in [5, 5.41) is 0. The second-order valence-electron chi connectivity index (χ2n) is 5.17. The first kappa shape index (κ1) is 13.4. The van der Waals surface area contributed by atoms with Crippen LogP contribution >= 0.6 is 0 Å². The maximum Gasteiger partial charge on any atom is 0.140 e. The van der Waals surface area contributed by atoms with Crippen LogP contribution < -0.4 is 5.73 Å². The summed E-state index contributed by atoms with van der Waals surface area (Å²) in [6, 6.07) is 16.6. The average molecular weight is 277 g/mol. The van der Waals surface area contributed by atoms with Gasteiger partial charge in [0.05, 0.1) is 0 Å². The molecule has 0 saturated heterocycles. The SMILES string of the molecule is CCc1ccc(Cn2ccnc2-c2cccc(N)c2)cc1. The van der Waals surface area contributed by atoms with Gasteiger partial charge in [-0.05, 0) is 29.7 Å². The highest BCUT2D eigenvalue weighted by atomic mass is 15.1. The van der Waals surface area contributed by atoms with Gasteiger partial charge in [-0.2, -0.15) is 0 Å². The Balaban J connectivity index is 1.88. The number of aryl methyl sites for hydroxylation is 1. The van der Waals surface area contributed by atoms with E-state index in [4.69, 9.17) is 5.73 Å². The predicted molar refractivity (Wildman–Crippen MR) is 87.0 cm³/mol. The molecule has 1 aromatic heterocycles. The lowest BCUT2D eigenvalue weighted by Crippen LogP contribution is -2.01. The maximum absolute atomic E-state index is 5.86. The summed E-state index contributed by atoms with van der Waals surface area (Å²) in [5.74, 6) is 0.946. The van der Waals surface area contributed by atoms with Gasteiger partial charge >= 0.3 is 0 Å². The lowest BCUT2D eigenvalue weighted by Gasteiger charge is -2.09. The van der Waals surface area contributed by atoms with Gasteiger partial charge in [0.15, 0.2) is 0 Å². The smallest absolute Gasteiger partial charge is 0.140 e. The van der Waals surface area contributed by atoms with E-state index in [1.807, 2.05) is 36.7 Å². The second-order valence-corrected chi connectivity index (χ2v) is 5.17. The molecule has 0 aliphatic rings. The number of nitrogens with two attached hydrogens (primary N) is 1. The number of imidazole rings is 1. The summed E-state index contributed by atoms with van der Waals surface area (Å²) in [5.41, 5.74) is 10.3. The van der Waals surface area contributed by atoms with Crippen molar-refractivity contribution in [2.75, 3.05) is 5.73 Å². The minimum atomic E-state index is 0.759. The van der Waals surface area contributed by atoms with Crippen molar-refractivity contribution in [3.05, 3.63) is 72.1 Å². The Labute approximate surface area is 125 Å². The van der Waals surface area contributed by atoms with E-state index in [1.54, 1.807) is 0 Å². The van der Waals surface area contributed by atoms with Crippen LogP contribution in [0, 0.1) is 0 Å². The molecule has 0 aliphatic heterocycles. The molecule has 21 heavy (non-hydrogen) atoms. The third-order valence-electron chi connectivity index (χ3n) is 3.64. The zero-order valence-corrected chi connectivity index (χ0v) is 12.2. The molecule has 0 amide bonds. The summed E-state index contributed by atoms with van der Waals surface area (Å²) >= 11 is 0. The van der Waals surface area contributed by atoms with E-state index < -0.39 is 0 Å². The number of anilines is 1. The molecule has 2 N–H and O–H groups in total. The van der Waals surface area contributed by atoms with Crippen LogP contribution in [0.25, 0.3) is 11.4 Å². The van der Waals surface area contributed by atoms with Gasteiger partial charge in [-0.25, -0.2) is 4.98 Å². The van der Waals surface area contributed by atoms with E-state index in [2.05, 4.69) is 40.7 Å². The minimum absolute atomic E-state index is 0.759. The Hall–Kier alpha value is -2.55. The van der Waals surface area contributed by atoms with Gasteiger partial charge in [0.1, 0.15) is 5.82 Å². The normalized spacial score (nSPS) is 10.7. The molecule has 0 aliphatic carbocycles. The van der Waals surface area contributed by atoms with Gasteiger partial charge in [0.2, 0.25) is 0 Å².